The number of hydrogen-bond acceptors (Lipinski definition) is 2. The number of rotatable bonds is 1. The summed E-state index contributed by atoms with van der Waals surface area (Å²) in [6.45, 7) is 15.4. The summed E-state index contributed by atoms with van der Waals surface area (Å²) in [7, 11) is 0. The van der Waals surface area contributed by atoms with Gasteiger partial charge >= 0.3 is 0 Å². The van der Waals surface area contributed by atoms with E-state index in [4.69, 9.17) is 0 Å². The summed E-state index contributed by atoms with van der Waals surface area (Å²) in [4.78, 5) is 2.66. The molecule has 0 saturated carbocycles. The maximum Gasteiger partial charge on any atom is 0.0115 e. The van der Waals surface area contributed by atoms with Gasteiger partial charge < -0.3 is 10.2 Å². The Balaban J connectivity index is 2.52. The molecule has 1 N–H and O–H groups in total. The topological polar surface area (TPSA) is 15.3 Å². The van der Waals surface area contributed by atoms with E-state index in [0.717, 1.165) is 0 Å². The van der Waals surface area contributed by atoms with Crippen molar-refractivity contribution in [2.45, 2.75) is 59.5 Å². The van der Waals surface area contributed by atoms with Crippen molar-refractivity contribution in [3.63, 3.8) is 0 Å². The molecule has 0 aromatic heterocycles. The van der Waals surface area contributed by atoms with Crippen LogP contribution in [-0.4, -0.2) is 36.6 Å². The molecule has 1 fully saturated rings. The molecule has 0 spiro atoms. The van der Waals surface area contributed by atoms with E-state index in [-0.39, 0.29) is 0 Å². The summed E-state index contributed by atoms with van der Waals surface area (Å²) in [5.41, 5.74) is 0.399. The van der Waals surface area contributed by atoms with Gasteiger partial charge in [-0.1, -0.05) is 20.8 Å². The normalized spacial score (nSPS) is 28.2. The molecule has 1 aliphatic heterocycles. The standard InChI is InChI=1S/C13H28N2/c1-11-7-10-15(9-6-8-14-11)12(2)13(3,4)5/h11-12,14H,6-10H2,1-5H3. The van der Waals surface area contributed by atoms with Crippen LogP contribution >= 0.6 is 0 Å². The monoisotopic (exact) mass is 212 g/mol. The van der Waals surface area contributed by atoms with Crippen molar-refractivity contribution in [1.82, 2.24) is 10.2 Å². The molecule has 0 aliphatic carbocycles. The molecule has 1 aliphatic rings. The molecule has 1 heterocycles. The SMILES string of the molecule is CC1CCN(C(C)C(C)(C)C)CCCN1. The molecular weight excluding hydrogens is 184 g/mol. The van der Waals surface area contributed by atoms with Crippen molar-refractivity contribution < 1.29 is 0 Å². The van der Waals surface area contributed by atoms with Gasteiger partial charge in [0.25, 0.3) is 0 Å². The van der Waals surface area contributed by atoms with Crippen LogP contribution in [0.1, 0.15) is 47.5 Å². The van der Waals surface area contributed by atoms with Gasteiger partial charge in [-0.2, -0.15) is 0 Å². The second kappa shape index (κ2) is 5.31. The Hall–Kier alpha value is -0.0800. The minimum Gasteiger partial charge on any atom is -0.314 e. The van der Waals surface area contributed by atoms with E-state index in [2.05, 4.69) is 44.8 Å². The van der Waals surface area contributed by atoms with Crippen molar-refractivity contribution in [3.8, 4) is 0 Å². The van der Waals surface area contributed by atoms with E-state index in [9.17, 15) is 0 Å². The van der Waals surface area contributed by atoms with Gasteiger partial charge in [-0.3, -0.25) is 0 Å². The van der Waals surface area contributed by atoms with Crippen molar-refractivity contribution >= 4 is 0 Å². The van der Waals surface area contributed by atoms with E-state index in [0.29, 0.717) is 17.5 Å². The van der Waals surface area contributed by atoms with Gasteiger partial charge in [0.2, 0.25) is 0 Å². The Kier molecular flexibility index (Phi) is 4.60. The molecular formula is C13H28N2. The van der Waals surface area contributed by atoms with Gasteiger partial charge in [-0.25, -0.2) is 0 Å². The van der Waals surface area contributed by atoms with Gasteiger partial charge in [-0.05, 0) is 51.7 Å². The summed E-state index contributed by atoms with van der Waals surface area (Å²) < 4.78 is 0. The lowest BCUT2D eigenvalue weighted by Gasteiger charge is -2.39. The first-order valence-electron chi connectivity index (χ1n) is 6.38. The maximum absolute atomic E-state index is 3.56. The zero-order valence-corrected chi connectivity index (χ0v) is 11.1. The molecule has 2 unspecified atom stereocenters. The highest BCUT2D eigenvalue weighted by Crippen LogP contribution is 2.24. The highest BCUT2D eigenvalue weighted by molar-refractivity contribution is 4.81. The fraction of sp³-hybridized carbons (Fsp3) is 1.00. The summed E-state index contributed by atoms with van der Waals surface area (Å²) >= 11 is 0. The summed E-state index contributed by atoms with van der Waals surface area (Å²) in [6.07, 6.45) is 2.56. The van der Waals surface area contributed by atoms with E-state index >= 15 is 0 Å². The second-order valence-electron chi connectivity index (χ2n) is 6.08. The van der Waals surface area contributed by atoms with E-state index in [1.165, 1.54) is 32.5 Å². The quantitative estimate of drug-likeness (QED) is 0.718. The van der Waals surface area contributed by atoms with Crippen LogP contribution in [0.25, 0.3) is 0 Å². The zero-order chi connectivity index (χ0) is 11.5. The lowest BCUT2D eigenvalue weighted by molar-refractivity contribution is 0.101. The maximum atomic E-state index is 3.56. The largest absolute Gasteiger partial charge is 0.314 e. The van der Waals surface area contributed by atoms with Crippen molar-refractivity contribution in [3.05, 3.63) is 0 Å². The highest BCUT2D eigenvalue weighted by Gasteiger charge is 2.26. The fourth-order valence-electron chi connectivity index (χ4n) is 2.14. The summed E-state index contributed by atoms with van der Waals surface area (Å²) in [5, 5.41) is 3.56. The molecule has 15 heavy (non-hydrogen) atoms. The molecule has 90 valence electrons. The molecule has 0 bridgehead atoms. The predicted molar refractivity (Wildman–Crippen MR) is 67.2 cm³/mol. The molecule has 0 aromatic rings. The minimum absolute atomic E-state index is 0.399. The zero-order valence-electron chi connectivity index (χ0n) is 11.1. The van der Waals surface area contributed by atoms with Gasteiger partial charge in [0.15, 0.2) is 0 Å². The molecule has 1 rings (SSSR count). The Morgan fingerprint density at radius 2 is 1.93 bits per heavy atom. The van der Waals surface area contributed by atoms with Crippen LogP contribution in [0.15, 0.2) is 0 Å². The third kappa shape index (κ3) is 4.12. The van der Waals surface area contributed by atoms with Crippen LogP contribution in [0.2, 0.25) is 0 Å². The minimum atomic E-state index is 0.399. The predicted octanol–water partition coefficient (Wildman–Crippen LogP) is 2.49. The van der Waals surface area contributed by atoms with E-state index < -0.39 is 0 Å². The average Bonchev–Trinajstić information content (AvgIpc) is 2.10. The Morgan fingerprint density at radius 3 is 2.53 bits per heavy atom. The average molecular weight is 212 g/mol. The smallest absolute Gasteiger partial charge is 0.0115 e. The lowest BCUT2D eigenvalue weighted by Crippen LogP contribution is -2.46. The lowest BCUT2D eigenvalue weighted by atomic mass is 9.86. The first-order chi connectivity index (χ1) is 6.91. The molecule has 0 aromatic carbocycles. The van der Waals surface area contributed by atoms with Crippen molar-refractivity contribution in [1.29, 1.82) is 0 Å². The Labute approximate surface area is 95.4 Å². The second-order valence-corrected chi connectivity index (χ2v) is 6.08. The van der Waals surface area contributed by atoms with Crippen LogP contribution in [0.5, 0.6) is 0 Å². The first kappa shape index (κ1) is 13.0. The molecule has 2 nitrogen and oxygen atoms in total. The van der Waals surface area contributed by atoms with Gasteiger partial charge in [0, 0.05) is 12.1 Å². The van der Waals surface area contributed by atoms with Crippen LogP contribution in [0, 0.1) is 5.41 Å². The molecule has 0 radical (unpaired) electrons. The summed E-state index contributed by atoms with van der Waals surface area (Å²) in [5.74, 6) is 0. The van der Waals surface area contributed by atoms with Crippen molar-refractivity contribution in [2.75, 3.05) is 19.6 Å². The van der Waals surface area contributed by atoms with Crippen LogP contribution in [-0.2, 0) is 0 Å². The molecule has 0 amide bonds. The van der Waals surface area contributed by atoms with E-state index in [1.807, 2.05) is 0 Å². The molecule has 2 heteroatoms. The van der Waals surface area contributed by atoms with Crippen LogP contribution in [0.3, 0.4) is 0 Å². The van der Waals surface area contributed by atoms with E-state index in [1.54, 1.807) is 0 Å². The van der Waals surface area contributed by atoms with Crippen LogP contribution < -0.4 is 5.32 Å². The fourth-order valence-corrected chi connectivity index (χ4v) is 2.14. The third-order valence-corrected chi connectivity index (χ3v) is 3.77. The molecule has 2 atom stereocenters. The number of hydrogen-bond donors (Lipinski definition) is 1. The van der Waals surface area contributed by atoms with Gasteiger partial charge in [0.05, 0.1) is 0 Å². The Bertz CT molecular complexity index is 183. The third-order valence-electron chi connectivity index (χ3n) is 3.77. The van der Waals surface area contributed by atoms with Gasteiger partial charge in [-0.15, -0.1) is 0 Å². The summed E-state index contributed by atoms with van der Waals surface area (Å²) in [6, 6.07) is 1.36. The number of nitrogens with one attached hydrogen (secondary N) is 1. The number of nitrogens with zero attached hydrogens (tertiary/aromatic N) is 1. The Morgan fingerprint density at radius 1 is 1.27 bits per heavy atom. The van der Waals surface area contributed by atoms with Gasteiger partial charge in [0.1, 0.15) is 0 Å². The van der Waals surface area contributed by atoms with Crippen LogP contribution in [0.4, 0.5) is 0 Å². The first-order valence-corrected chi connectivity index (χ1v) is 6.38. The van der Waals surface area contributed by atoms with Crippen molar-refractivity contribution in [2.24, 2.45) is 5.41 Å². The highest BCUT2D eigenvalue weighted by atomic mass is 15.2. The molecule has 1 saturated heterocycles.